The predicted octanol–water partition coefficient (Wildman–Crippen LogP) is 4.02. The van der Waals surface area contributed by atoms with E-state index in [1.54, 1.807) is 23.5 Å². The first-order valence-corrected chi connectivity index (χ1v) is 7.28. The van der Waals surface area contributed by atoms with Crippen molar-refractivity contribution in [1.82, 2.24) is 0 Å². The van der Waals surface area contributed by atoms with E-state index in [1.165, 1.54) is 22.7 Å². The average molecular weight is 292 g/mol. The Morgan fingerprint density at radius 3 is 2.65 bits per heavy atom. The van der Waals surface area contributed by atoms with Gasteiger partial charge in [-0.05, 0) is 36.8 Å². The number of amides is 1. The molecule has 2 aromatic rings. The summed E-state index contributed by atoms with van der Waals surface area (Å²) in [4.78, 5) is 13.6. The van der Waals surface area contributed by atoms with Crippen molar-refractivity contribution >= 4 is 28.6 Å². The Kier molecular flexibility index (Phi) is 4.74. The van der Waals surface area contributed by atoms with Crippen LogP contribution in [-0.2, 0) is 17.8 Å². The topological polar surface area (TPSA) is 41.1 Å². The third kappa shape index (κ3) is 3.81. The molecule has 0 aliphatic heterocycles. The number of nitrogens with one attached hydrogen (secondary N) is 2. The molecule has 2 rings (SSSR count). The fraction of sp³-hybridized carbons (Fsp3) is 0.267. The highest BCUT2D eigenvalue weighted by Gasteiger charge is 2.05. The molecule has 1 aromatic heterocycles. The molecule has 5 heteroatoms. The lowest BCUT2D eigenvalue weighted by Gasteiger charge is -2.09. The molecule has 0 aliphatic carbocycles. The molecule has 1 heterocycles. The highest BCUT2D eigenvalue weighted by Crippen LogP contribution is 2.22. The van der Waals surface area contributed by atoms with Crippen molar-refractivity contribution in [2.24, 2.45) is 0 Å². The zero-order valence-electron chi connectivity index (χ0n) is 11.5. The number of carbonyl (C=O) groups excluding carboxylic acids is 1. The summed E-state index contributed by atoms with van der Waals surface area (Å²) in [6.07, 6.45) is 1.04. The second-order valence-corrected chi connectivity index (χ2v) is 5.70. The summed E-state index contributed by atoms with van der Waals surface area (Å²) in [5.41, 5.74) is 0.976. The third-order valence-electron chi connectivity index (χ3n) is 2.81. The molecule has 1 amide bonds. The minimum atomic E-state index is -0.435. The number of rotatable bonds is 5. The van der Waals surface area contributed by atoms with Crippen LogP contribution in [0.15, 0.2) is 30.3 Å². The molecule has 0 saturated carbocycles. The molecular weight excluding hydrogens is 275 g/mol. The van der Waals surface area contributed by atoms with Gasteiger partial charge in [0.25, 0.3) is 0 Å². The maximum atomic E-state index is 13.5. The minimum Gasteiger partial charge on any atom is -0.380 e. The van der Waals surface area contributed by atoms with Gasteiger partial charge in [-0.15, -0.1) is 11.3 Å². The summed E-state index contributed by atoms with van der Waals surface area (Å²) in [6.45, 7) is 4.18. The van der Waals surface area contributed by atoms with Gasteiger partial charge >= 0.3 is 0 Å². The van der Waals surface area contributed by atoms with E-state index in [9.17, 15) is 9.18 Å². The van der Waals surface area contributed by atoms with Crippen LogP contribution in [0.2, 0.25) is 0 Å². The molecule has 3 nitrogen and oxygen atoms in total. The quantitative estimate of drug-likeness (QED) is 0.874. The van der Waals surface area contributed by atoms with E-state index in [4.69, 9.17) is 0 Å². The Bertz CT molecular complexity index is 610. The molecule has 0 radical (unpaired) electrons. The van der Waals surface area contributed by atoms with Crippen molar-refractivity contribution in [1.29, 1.82) is 0 Å². The second-order valence-electron chi connectivity index (χ2n) is 4.45. The smallest absolute Gasteiger partial charge is 0.221 e. The van der Waals surface area contributed by atoms with Crippen molar-refractivity contribution in [2.75, 3.05) is 10.6 Å². The SMILES string of the molecule is CCc1ccc(CNc2ccc(F)c(NC(C)=O)c2)s1. The van der Waals surface area contributed by atoms with Gasteiger partial charge < -0.3 is 10.6 Å². The first-order chi connectivity index (χ1) is 9.58. The zero-order valence-corrected chi connectivity index (χ0v) is 12.3. The average Bonchev–Trinajstić information content (AvgIpc) is 2.87. The highest BCUT2D eigenvalue weighted by molar-refractivity contribution is 7.12. The van der Waals surface area contributed by atoms with Crippen LogP contribution in [-0.4, -0.2) is 5.91 Å². The lowest BCUT2D eigenvalue weighted by atomic mass is 10.2. The fourth-order valence-electron chi connectivity index (χ4n) is 1.82. The number of aryl methyl sites for hydroxylation is 1. The van der Waals surface area contributed by atoms with Crippen LogP contribution in [0.5, 0.6) is 0 Å². The zero-order chi connectivity index (χ0) is 14.5. The molecule has 106 valence electrons. The van der Waals surface area contributed by atoms with Crippen LogP contribution in [0.3, 0.4) is 0 Å². The standard InChI is InChI=1S/C15H17FN2OS/c1-3-12-5-6-13(20-12)9-17-11-4-7-14(16)15(8-11)18-10(2)19/h4-8,17H,3,9H2,1-2H3,(H,18,19). The van der Waals surface area contributed by atoms with E-state index in [2.05, 4.69) is 29.7 Å². The van der Waals surface area contributed by atoms with Gasteiger partial charge in [0.15, 0.2) is 0 Å². The van der Waals surface area contributed by atoms with Crippen LogP contribution in [0.25, 0.3) is 0 Å². The van der Waals surface area contributed by atoms with Gasteiger partial charge in [-0.1, -0.05) is 6.92 Å². The largest absolute Gasteiger partial charge is 0.380 e. The van der Waals surface area contributed by atoms with E-state index in [1.807, 2.05) is 0 Å². The number of hydrogen-bond donors (Lipinski definition) is 2. The summed E-state index contributed by atoms with van der Waals surface area (Å²) in [6, 6.07) is 8.82. The summed E-state index contributed by atoms with van der Waals surface area (Å²) in [5.74, 6) is -0.720. The lowest BCUT2D eigenvalue weighted by Crippen LogP contribution is -2.08. The van der Waals surface area contributed by atoms with Crippen LogP contribution in [0, 0.1) is 5.82 Å². The van der Waals surface area contributed by atoms with Crippen LogP contribution in [0.4, 0.5) is 15.8 Å². The molecule has 0 spiro atoms. The van der Waals surface area contributed by atoms with Gasteiger partial charge in [0.1, 0.15) is 5.82 Å². The number of benzene rings is 1. The van der Waals surface area contributed by atoms with E-state index in [0.717, 1.165) is 12.1 Å². The molecule has 0 aliphatic rings. The molecule has 1 aromatic carbocycles. The number of carbonyl (C=O) groups is 1. The third-order valence-corrected chi connectivity index (χ3v) is 4.04. The summed E-state index contributed by atoms with van der Waals surface area (Å²) < 4.78 is 13.5. The first kappa shape index (κ1) is 14.5. The van der Waals surface area contributed by atoms with Gasteiger partial charge in [-0.3, -0.25) is 4.79 Å². The van der Waals surface area contributed by atoms with Crippen molar-refractivity contribution in [2.45, 2.75) is 26.8 Å². The maximum absolute atomic E-state index is 13.5. The van der Waals surface area contributed by atoms with Gasteiger partial charge in [0.05, 0.1) is 5.69 Å². The maximum Gasteiger partial charge on any atom is 0.221 e. The molecule has 2 N–H and O–H groups in total. The van der Waals surface area contributed by atoms with Crippen molar-refractivity contribution in [3.05, 3.63) is 45.9 Å². The van der Waals surface area contributed by atoms with E-state index in [-0.39, 0.29) is 11.6 Å². The number of anilines is 2. The van der Waals surface area contributed by atoms with E-state index >= 15 is 0 Å². The molecule has 0 bridgehead atoms. The van der Waals surface area contributed by atoms with Gasteiger partial charge in [-0.2, -0.15) is 0 Å². The van der Waals surface area contributed by atoms with Crippen molar-refractivity contribution in [3.63, 3.8) is 0 Å². The summed E-state index contributed by atoms with van der Waals surface area (Å²) in [5, 5.41) is 5.71. The monoisotopic (exact) mass is 292 g/mol. The normalized spacial score (nSPS) is 10.3. The number of hydrogen-bond acceptors (Lipinski definition) is 3. The Labute approximate surface area is 121 Å². The van der Waals surface area contributed by atoms with Crippen LogP contribution < -0.4 is 10.6 Å². The molecular formula is C15H17FN2OS. The van der Waals surface area contributed by atoms with E-state index in [0.29, 0.717) is 6.54 Å². The summed E-state index contributed by atoms with van der Waals surface area (Å²) >= 11 is 1.76. The molecule has 0 unspecified atom stereocenters. The molecule has 0 atom stereocenters. The molecule has 0 saturated heterocycles. The minimum absolute atomic E-state index is 0.197. The van der Waals surface area contributed by atoms with Crippen molar-refractivity contribution < 1.29 is 9.18 Å². The lowest BCUT2D eigenvalue weighted by molar-refractivity contribution is -0.114. The Morgan fingerprint density at radius 1 is 1.25 bits per heavy atom. The Hall–Kier alpha value is -1.88. The number of thiophene rings is 1. The highest BCUT2D eigenvalue weighted by atomic mass is 32.1. The van der Waals surface area contributed by atoms with Gasteiger partial charge in [0.2, 0.25) is 5.91 Å². The van der Waals surface area contributed by atoms with Crippen LogP contribution in [0.1, 0.15) is 23.6 Å². The summed E-state index contributed by atoms with van der Waals surface area (Å²) in [7, 11) is 0. The molecule has 20 heavy (non-hydrogen) atoms. The number of halogens is 1. The van der Waals surface area contributed by atoms with E-state index < -0.39 is 5.82 Å². The first-order valence-electron chi connectivity index (χ1n) is 6.47. The fourth-order valence-corrected chi connectivity index (χ4v) is 2.71. The Balaban J connectivity index is 2.03. The Morgan fingerprint density at radius 2 is 2.00 bits per heavy atom. The van der Waals surface area contributed by atoms with Gasteiger partial charge in [0, 0.05) is 28.9 Å². The predicted molar refractivity (Wildman–Crippen MR) is 81.7 cm³/mol. The van der Waals surface area contributed by atoms with Crippen molar-refractivity contribution in [3.8, 4) is 0 Å². The molecule has 0 fully saturated rings. The van der Waals surface area contributed by atoms with Crippen LogP contribution >= 0.6 is 11.3 Å². The van der Waals surface area contributed by atoms with Gasteiger partial charge in [-0.25, -0.2) is 4.39 Å². The second kappa shape index (κ2) is 6.52.